The first-order chi connectivity index (χ1) is 15.9. The Bertz CT molecular complexity index is 918. The zero-order valence-electron chi connectivity index (χ0n) is 17.9. The van der Waals surface area contributed by atoms with Crippen molar-refractivity contribution in [2.45, 2.75) is 43.8 Å². The first kappa shape index (κ1) is 27.8. The van der Waals surface area contributed by atoms with E-state index in [-0.39, 0.29) is 18.6 Å². The molecule has 0 bridgehead atoms. The number of hydrogen-bond donors (Lipinski definition) is 8. The number of carbonyl (C=O) groups is 6. The summed E-state index contributed by atoms with van der Waals surface area (Å²) in [6, 6.07) is 0.911. The monoisotopic (exact) mass is 482 g/mol. The second-order valence-corrected chi connectivity index (χ2v) is 7.19. The molecule has 9 N–H and O–H groups in total. The number of aliphatic carboxylic acids is 3. The van der Waals surface area contributed by atoms with Gasteiger partial charge >= 0.3 is 17.9 Å². The number of hydrogen-bond acceptors (Lipinski definition) is 8. The van der Waals surface area contributed by atoms with Crippen LogP contribution in [0.5, 0.6) is 5.75 Å². The Hall–Kier alpha value is -4.20. The van der Waals surface area contributed by atoms with Crippen LogP contribution in [0.1, 0.15) is 24.8 Å². The number of aromatic hydroxyl groups is 1. The highest BCUT2D eigenvalue weighted by molar-refractivity contribution is 5.94. The Labute approximate surface area is 193 Å². The van der Waals surface area contributed by atoms with E-state index in [0.29, 0.717) is 5.56 Å². The fourth-order valence-electron chi connectivity index (χ4n) is 2.79. The molecule has 0 heterocycles. The van der Waals surface area contributed by atoms with Gasteiger partial charge < -0.3 is 42.1 Å². The Morgan fingerprint density at radius 1 is 0.794 bits per heavy atom. The van der Waals surface area contributed by atoms with Crippen LogP contribution in [-0.4, -0.2) is 80.7 Å². The number of phenolic OH excluding ortho intramolecular Hbond substituents is 1. The summed E-state index contributed by atoms with van der Waals surface area (Å²) in [5.41, 5.74) is 5.66. The number of benzene rings is 1. The third kappa shape index (κ3) is 9.95. The van der Waals surface area contributed by atoms with Crippen LogP contribution in [0.4, 0.5) is 0 Å². The quantitative estimate of drug-likeness (QED) is 0.141. The van der Waals surface area contributed by atoms with Crippen LogP contribution in [0.3, 0.4) is 0 Å². The number of phenols is 1. The molecule has 0 saturated carbocycles. The molecule has 0 aliphatic rings. The fraction of sp³-hybridized carbons (Fsp3) is 0.400. The lowest BCUT2D eigenvalue weighted by Crippen LogP contribution is -2.57. The molecule has 0 spiro atoms. The van der Waals surface area contributed by atoms with Gasteiger partial charge in [0.15, 0.2) is 0 Å². The first-order valence-electron chi connectivity index (χ1n) is 9.97. The van der Waals surface area contributed by atoms with Crippen LogP contribution in [0.15, 0.2) is 24.3 Å². The van der Waals surface area contributed by atoms with Crippen molar-refractivity contribution >= 4 is 35.6 Å². The molecule has 0 aliphatic carbocycles. The number of amides is 3. The summed E-state index contributed by atoms with van der Waals surface area (Å²) >= 11 is 0. The predicted molar refractivity (Wildman–Crippen MR) is 113 cm³/mol. The van der Waals surface area contributed by atoms with Crippen LogP contribution in [0.25, 0.3) is 0 Å². The highest BCUT2D eigenvalue weighted by atomic mass is 16.4. The SMILES string of the molecule is NCC(=O)NC(CCC(=O)O)C(=O)NC(Cc1ccc(O)cc1)C(=O)NC(CC(=O)O)C(=O)O. The van der Waals surface area contributed by atoms with Gasteiger partial charge in [-0.3, -0.25) is 24.0 Å². The lowest BCUT2D eigenvalue weighted by Gasteiger charge is -2.24. The third-order valence-corrected chi connectivity index (χ3v) is 4.49. The number of carboxylic acid groups (broad SMARTS) is 3. The van der Waals surface area contributed by atoms with Crippen molar-refractivity contribution in [3.63, 3.8) is 0 Å². The maximum Gasteiger partial charge on any atom is 0.326 e. The standard InChI is InChI=1S/C20H26N4O10/c21-9-15(26)22-12(5-6-16(27)28)18(31)23-13(7-10-1-3-11(25)4-2-10)19(32)24-14(20(33)34)8-17(29)30/h1-4,12-14,25H,5-9,21H2,(H,22,26)(H,23,31)(H,24,32)(H,27,28)(H,29,30)(H,33,34). The van der Waals surface area contributed by atoms with E-state index in [0.717, 1.165) is 0 Å². The van der Waals surface area contributed by atoms with Gasteiger partial charge in [0, 0.05) is 12.8 Å². The van der Waals surface area contributed by atoms with Crippen molar-refractivity contribution in [1.29, 1.82) is 0 Å². The summed E-state index contributed by atoms with van der Waals surface area (Å²) in [6.07, 6.45) is -1.93. The van der Waals surface area contributed by atoms with Crippen LogP contribution >= 0.6 is 0 Å². The van der Waals surface area contributed by atoms with Crippen molar-refractivity contribution in [3.05, 3.63) is 29.8 Å². The Kier molecular flexibility index (Phi) is 10.9. The van der Waals surface area contributed by atoms with E-state index in [2.05, 4.69) is 10.6 Å². The molecule has 1 aromatic rings. The van der Waals surface area contributed by atoms with Crippen LogP contribution < -0.4 is 21.7 Å². The van der Waals surface area contributed by atoms with Crippen molar-refractivity contribution < 1.29 is 49.2 Å². The summed E-state index contributed by atoms with van der Waals surface area (Å²) in [4.78, 5) is 70.3. The minimum atomic E-state index is -1.79. The van der Waals surface area contributed by atoms with Gasteiger partial charge in [-0.1, -0.05) is 12.1 Å². The Balaban J connectivity index is 3.14. The molecule has 3 unspecified atom stereocenters. The van der Waals surface area contributed by atoms with E-state index in [1.54, 1.807) is 0 Å². The van der Waals surface area contributed by atoms with Crippen molar-refractivity contribution in [2.24, 2.45) is 5.73 Å². The van der Waals surface area contributed by atoms with Crippen molar-refractivity contribution in [1.82, 2.24) is 16.0 Å². The highest BCUT2D eigenvalue weighted by Crippen LogP contribution is 2.12. The van der Waals surface area contributed by atoms with Gasteiger partial charge in [0.1, 0.15) is 23.9 Å². The van der Waals surface area contributed by atoms with Crippen molar-refractivity contribution in [3.8, 4) is 5.75 Å². The van der Waals surface area contributed by atoms with Gasteiger partial charge in [-0.2, -0.15) is 0 Å². The molecule has 34 heavy (non-hydrogen) atoms. The van der Waals surface area contributed by atoms with Gasteiger partial charge in [-0.25, -0.2) is 4.79 Å². The molecular weight excluding hydrogens is 456 g/mol. The maximum atomic E-state index is 12.8. The minimum absolute atomic E-state index is 0.0700. The topological polar surface area (TPSA) is 245 Å². The zero-order valence-corrected chi connectivity index (χ0v) is 17.9. The first-order valence-corrected chi connectivity index (χ1v) is 9.97. The fourth-order valence-corrected chi connectivity index (χ4v) is 2.79. The van der Waals surface area contributed by atoms with E-state index in [4.69, 9.17) is 15.9 Å². The smallest absolute Gasteiger partial charge is 0.326 e. The summed E-state index contributed by atoms with van der Waals surface area (Å²) in [5, 5.41) is 43.0. The second-order valence-electron chi connectivity index (χ2n) is 7.19. The number of nitrogens with one attached hydrogen (secondary N) is 3. The molecule has 0 aliphatic heterocycles. The minimum Gasteiger partial charge on any atom is -0.508 e. The van der Waals surface area contributed by atoms with E-state index in [1.165, 1.54) is 24.3 Å². The molecule has 14 heteroatoms. The molecule has 3 amide bonds. The molecule has 0 saturated heterocycles. The van der Waals surface area contributed by atoms with E-state index in [1.807, 2.05) is 5.32 Å². The van der Waals surface area contributed by atoms with Gasteiger partial charge in [0.25, 0.3) is 0 Å². The molecule has 186 valence electrons. The number of nitrogens with two attached hydrogens (primary N) is 1. The highest BCUT2D eigenvalue weighted by Gasteiger charge is 2.30. The zero-order chi connectivity index (χ0) is 25.8. The Morgan fingerprint density at radius 2 is 1.35 bits per heavy atom. The van der Waals surface area contributed by atoms with Crippen LogP contribution in [0, 0.1) is 0 Å². The number of carbonyl (C=O) groups excluding carboxylic acids is 3. The lowest BCUT2D eigenvalue weighted by atomic mass is 10.0. The average Bonchev–Trinajstić information content (AvgIpc) is 2.76. The summed E-state index contributed by atoms with van der Waals surface area (Å²) in [5.74, 6) is -7.12. The molecule has 14 nitrogen and oxygen atoms in total. The summed E-state index contributed by atoms with van der Waals surface area (Å²) < 4.78 is 0. The summed E-state index contributed by atoms with van der Waals surface area (Å²) in [7, 11) is 0. The average molecular weight is 482 g/mol. The molecule has 1 rings (SSSR count). The summed E-state index contributed by atoms with van der Waals surface area (Å²) in [6.45, 7) is -0.482. The number of rotatable bonds is 14. The largest absolute Gasteiger partial charge is 0.508 e. The van der Waals surface area contributed by atoms with Gasteiger partial charge in [-0.05, 0) is 24.1 Å². The Morgan fingerprint density at radius 3 is 1.85 bits per heavy atom. The third-order valence-electron chi connectivity index (χ3n) is 4.49. The van der Waals surface area contributed by atoms with E-state index >= 15 is 0 Å². The molecule has 0 fully saturated rings. The maximum absolute atomic E-state index is 12.8. The second kappa shape index (κ2) is 13.4. The van der Waals surface area contributed by atoms with Crippen molar-refractivity contribution in [2.75, 3.05) is 6.54 Å². The van der Waals surface area contributed by atoms with E-state index < -0.39 is 73.1 Å². The van der Waals surface area contributed by atoms with Gasteiger partial charge in [0.05, 0.1) is 13.0 Å². The van der Waals surface area contributed by atoms with Gasteiger partial charge in [-0.15, -0.1) is 0 Å². The number of carboxylic acids is 3. The normalized spacial score (nSPS) is 13.1. The molecule has 1 aromatic carbocycles. The molecular formula is C20H26N4O10. The van der Waals surface area contributed by atoms with Gasteiger partial charge in [0.2, 0.25) is 17.7 Å². The predicted octanol–water partition coefficient (Wildman–Crippen LogP) is -2.23. The lowest BCUT2D eigenvalue weighted by molar-refractivity contribution is -0.147. The van der Waals surface area contributed by atoms with Crippen LogP contribution in [-0.2, 0) is 35.2 Å². The molecule has 0 aromatic heterocycles. The van der Waals surface area contributed by atoms with Crippen LogP contribution in [0.2, 0.25) is 0 Å². The molecule has 3 atom stereocenters. The molecule has 0 radical (unpaired) electrons. The van der Waals surface area contributed by atoms with E-state index in [9.17, 15) is 39.0 Å².